The highest BCUT2D eigenvalue weighted by Crippen LogP contribution is 2.27. The fraction of sp³-hybridized carbons (Fsp3) is 0.364. The lowest BCUT2D eigenvalue weighted by Gasteiger charge is -2.00. The van der Waals surface area contributed by atoms with Gasteiger partial charge in [0.25, 0.3) is 0 Å². The Morgan fingerprint density at radius 2 is 2.08 bits per heavy atom. The number of carbonyl (C=O) groups is 1. The van der Waals surface area contributed by atoms with Gasteiger partial charge in [-0.2, -0.15) is 0 Å². The van der Waals surface area contributed by atoms with Crippen LogP contribution in [-0.4, -0.2) is 5.78 Å². The maximum atomic E-state index is 12.8. The van der Waals surface area contributed by atoms with E-state index in [1.54, 1.807) is 13.0 Å². The second-order valence-electron chi connectivity index (χ2n) is 3.63. The molecule has 0 N–H and O–H groups in total. The molecule has 13 heavy (non-hydrogen) atoms. The molecule has 0 unspecified atom stereocenters. The Morgan fingerprint density at radius 3 is 2.77 bits per heavy atom. The van der Waals surface area contributed by atoms with Gasteiger partial charge in [0.2, 0.25) is 0 Å². The summed E-state index contributed by atoms with van der Waals surface area (Å²) in [6, 6.07) is 4.78. The number of Topliss-reactive ketones (excluding diaryl/α,β-unsaturated/α-hetero) is 1. The fourth-order valence-electron chi connectivity index (χ4n) is 1.87. The molecule has 0 saturated carbocycles. The number of carbonyl (C=O) groups excluding carboxylic acids is 1. The molecule has 0 aliphatic heterocycles. The molecule has 0 radical (unpaired) electrons. The average molecular weight is 178 g/mol. The van der Waals surface area contributed by atoms with Crippen molar-refractivity contribution < 1.29 is 9.18 Å². The van der Waals surface area contributed by atoms with Gasteiger partial charge >= 0.3 is 0 Å². The van der Waals surface area contributed by atoms with E-state index in [0.717, 1.165) is 17.5 Å². The van der Waals surface area contributed by atoms with Gasteiger partial charge in [-0.1, -0.05) is 6.07 Å². The zero-order valence-electron chi connectivity index (χ0n) is 7.51. The Morgan fingerprint density at radius 1 is 1.38 bits per heavy atom. The SMILES string of the molecule is CC(=O)[C@H]1Cc2ccc(F)cc2C1. The van der Waals surface area contributed by atoms with Crippen LogP contribution in [0.5, 0.6) is 0 Å². The van der Waals surface area contributed by atoms with Gasteiger partial charge in [-0.15, -0.1) is 0 Å². The van der Waals surface area contributed by atoms with Crippen molar-refractivity contribution in [3.8, 4) is 0 Å². The molecule has 2 heteroatoms. The topological polar surface area (TPSA) is 17.1 Å². The molecule has 1 aliphatic carbocycles. The van der Waals surface area contributed by atoms with E-state index in [9.17, 15) is 9.18 Å². The molecule has 0 aromatic heterocycles. The highest BCUT2D eigenvalue weighted by atomic mass is 19.1. The van der Waals surface area contributed by atoms with Crippen LogP contribution in [0.1, 0.15) is 18.1 Å². The first kappa shape index (κ1) is 8.42. The monoisotopic (exact) mass is 178 g/mol. The molecule has 0 heterocycles. The van der Waals surface area contributed by atoms with Crippen molar-refractivity contribution in [3.63, 3.8) is 0 Å². The van der Waals surface area contributed by atoms with Crippen LogP contribution < -0.4 is 0 Å². The Kier molecular flexibility index (Phi) is 1.91. The van der Waals surface area contributed by atoms with Crippen LogP contribution in [0.25, 0.3) is 0 Å². The van der Waals surface area contributed by atoms with Crippen LogP contribution >= 0.6 is 0 Å². The number of hydrogen-bond acceptors (Lipinski definition) is 1. The summed E-state index contributed by atoms with van der Waals surface area (Å²) in [5, 5.41) is 0. The summed E-state index contributed by atoms with van der Waals surface area (Å²) in [7, 11) is 0. The molecule has 1 atom stereocenters. The standard InChI is InChI=1S/C11H11FO/c1-7(13)9-4-8-2-3-11(12)6-10(8)5-9/h2-3,6,9H,4-5H2,1H3/t9-/m0/s1. The van der Waals surface area contributed by atoms with Crippen LogP contribution in [0.2, 0.25) is 0 Å². The van der Waals surface area contributed by atoms with Gasteiger partial charge in [0.15, 0.2) is 0 Å². The quantitative estimate of drug-likeness (QED) is 0.643. The minimum atomic E-state index is -0.206. The first-order valence-electron chi connectivity index (χ1n) is 4.44. The van der Waals surface area contributed by atoms with Crippen LogP contribution in [0.3, 0.4) is 0 Å². The van der Waals surface area contributed by atoms with Gasteiger partial charge < -0.3 is 0 Å². The maximum absolute atomic E-state index is 12.8. The number of halogens is 1. The van der Waals surface area contributed by atoms with E-state index in [1.165, 1.54) is 12.1 Å². The highest BCUT2D eigenvalue weighted by Gasteiger charge is 2.24. The molecular formula is C11H11FO. The Labute approximate surface area is 76.6 Å². The molecule has 68 valence electrons. The maximum Gasteiger partial charge on any atom is 0.133 e. The predicted molar refractivity (Wildman–Crippen MR) is 48.0 cm³/mol. The molecule has 1 aliphatic rings. The van der Waals surface area contributed by atoms with E-state index >= 15 is 0 Å². The highest BCUT2D eigenvalue weighted by molar-refractivity contribution is 5.79. The summed E-state index contributed by atoms with van der Waals surface area (Å²) < 4.78 is 12.8. The van der Waals surface area contributed by atoms with E-state index in [-0.39, 0.29) is 17.5 Å². The van der Waals surface area contributed by atoms with E-state index in [1.807, 2.05) is 0 Å². The molecule has 1 aromatic carbocycles. The molecule has 0 fully saturated rings. The van der Waals surface area contributed by atoms with Gasteiger partial charge in [0.1, 0.15) is 11.6 Å². The number of ketones is 1. The van der Waals surface area contributed by atoms with Crippen molar-refractivity contribution in [2.45, 2.75) is 19.8 Å². The van der Waals surface area contributed by atoms with Crippen LogP contribution in [0, 0.1) is 11.7 Å². The Hall–Kier alpha value is -1.18. The van der Waals surface area contributed by atoms with Crippen molar-refractivity contribution in [1.82, 2.24) is 0 Å². The van der Waals surface area contributed by atoms with Gasteiger partial charge in [-0.3, -0.25) is 4.79 Å². The Balaban J connectivity index is 2.30. The predicted octanol–water partition coefficient (Wildman–Crippen LogP) is 2.13. The lowest BCUT2D eigenvalue weighted by atomic mass is 10.0. The minimum absolute atomic E-state index is 0.0804. The molecule has 0 spiro atoms. The minimum Gasteiger partial charge on any atom is -0.300 e. The summed E-state index contributed by atoms with van der Waals surface area (Å²) in [6.45, 7) is 1.60. The third-order valence-electron chi connectivity index (χ3n) is 2.68. The number of hydrogen-bond donors (Lipinski definition) is 0. The molecule has 1 aromatic rings. The van der Waals surface area contributed by atoms with Crippen molar-refractivity contribution in [2.75, 3.05) is 0 Å². The molecule has 1 nitrogen and oxygen atoms in total. The summed E-state index contributed by atoms with van der Waals surface area (Å²) in [5.41, 5.74) is 2.13. The smallest absolute Gasteiger partial charge is 0.133 e. The Bertz CT molecular complexity index is 357. The van der Waals surface area contributed by atoms with Gasteiger partial charge in [-0.25, -0.2) is 4.39 Å². The average Bonchev–Trinajstić information content (AvgIpc) is 2.46. The van der Waals surface area contributed by atoms with Crippen LogP contribution in [0.15, 0.2) is 18.2 Å². The third-order valence-corrected chi connectivity index (χ3v) is 2.68. The van der Waals surface area contributed by atoms with E-state index < -0.39 is 0 Å². The number of benzene rings is 1. The molecule has 2 rings (SSSR count). The largest absolute Gasteiger partial charge is 0.300 e. The molecule has 0 bridgehead atoms. The molecule has 0 amide bonds. The second kappa shape index (κ2) is 2.95. The van der Waals surface area contributed by atoms with Crippen molar-refractivity contribution in [3.05, 3.63) is 35.1 Å². The number of fused-ring (bicyclic) bond motifs is 1. The first-order chi connectivity index (χ1) is 6.16. The van der Waals surface area contributed by atoms with Crippen molar-refractivity contribution >= 4 is 5.78 Å². The first-order valence-corrected chi connectivity index (χ1v) is 4.44. The van der Waals surface area contributed by atoms with E-state index in [2.05, 4.69) is 0 Å². The summed E-state index contributed by atoms with van der Waals surface area (Å²) >= 11 is 0. The van der Waals surface area contributed by atoms with Crippen molar-refractivity contribution in [2.24, 2.45) is 5.92 Å². The molecular weight excluding hydrogens is 167 g/mol. The summed E-state index contributed by atoms with van der Waals surface area (Å²) in [4.78, 5) is 11.1. The zero-order valence-corrected chi connectivity index (χ0v) is 7.51. The summed E-state index contributed by atoms with van der Waals surface area (Å²) in [6.07, 6.45) is 1.49. The normalized spacial score (nSPS) is 20.0. The number of rotatable bonds is 1. The van der Waals surface area contributed by atoms with Gasteiger partial charge in [0, 0.05) is 5.92 Å². The van der Waals surface area contributed by atoms with Gasteiger partial charge in [-0.05, 0) is 43.0 Å². The van der Waals surface area contributed by atoms with Crippen molar-refractivity contribution in [1.29, 1.82) is 0 Å². The van der Waals surface area contributed by atoms with Gasteiger partial charge in [0.05, 0.1) is 0 Å². The lowest BCUT2D eigenvalue weighted by molar-refractivity contribution is -0.120. The van der Waals surface area contributed by atoms with E-state index in [4.69, 9.17) is 0 Å². The molecule has 0 saturated heterocycles. The fourth-order valence-corrected chi connectivity index (χ4v) is 1.87. The lowest BCUT2D eigenvalue weighted by Crippen LogP contribution is -2.09. The second-order valence-corrected chi connectivity index (χ2v) is 3.63. The van der Waals surface area contributed by atoms with Crippen LogP contribution in [0.4, 0.5) is 4.39 Å². The van der Waals surface area contributed by atoms with Crippen LogP contribution in [-0.2, 0) is 17.6 Å². The van der Waals surface area contributed by atoms with E-state index in [0.29, 0.717) is 6.42 Å². The third kappa shape index (κ3) is 1.48. The zero-order chi connectivity index (χ0) is 9.42. The summed E-state index contributed by atoms with van der Waals surface area (Å²) in [5.74, 6) is 0.0800.